The maximum Gasteiger partial charge on any atom is 0.272 e. The van der Waals surface area contributed by atoms with Gasteiger partial charge in [-0.05, 0) is 28.1 Å². The van der Waals surface area contributed by atoms with E-state index in [1.807, 2.05) is 0 Å². The molecule has 6 heteroatoms. The van der Waals surface area contributed by atoms with E-state index in [1.54, 1.807) is 25.2 Å². The van der Waals surface area contributed by atoms with Gasteiger partial charge in [0.05, 0.1) is 5.60 Å². The first-order chi connectivity index (χ1) is 9.00. The molecule has 0 radical (unpaired) electrons. The number of likely N-dealkylation sites (N-methyl/N-ethyl adjacent to an activating group) is 1. The molecule has 0 aromatic carbocycles. The van der Waals surface area contributed by atoms with Gasteiger partial charge in [0.25, 0.3) is 5.91 Å². The second kappa shape index (κ2) is 5.98. The molecule has 1 saturated heterocycles. The molecule has 2 rings (SSSR count). The van der Waals surface area contributed by atoms with Crippen molar-refractivity contribution in [1.29, 1.82) is 0 Å². The molecule has 0 unspecified atom stereocenters. The molecule has 1 aliphatic rings. The molecule has 0 saturated carbocycles. The van der Waals surface area contributed by atoms with Crippen LogP contribution < -0.4 is 0 Å². The number of carbonyl (C=O) groups is 1. The number of rotatable bonds is 3. The summed E-state index contributed by atoms with van der Waals surface area (Å²) >= 11 is 3.24. The minimum atomic E-state index is -0.853. The molecular weight excluding hydrogens is 312 g/mol. The van der Waals surface area contributed by atoms with Crippen LogP contribution in [-0.4, -0.2) is 53.3 Å². The third-order valence-corrected chi connectivity index (χ3v) is 3.68. The second-order valence-electron chi connectivity index (χ2n) is 4.84. The summed E-state index contributed by atoms with van der Waals surface area (Å²) in [4.78, 5) is 17.9. The third kappa shape index (κ3) is 3.75. The fourth-order valence-corrected chi connectivity index (χ4v) is 2.49. The van der Waals surface area contributed by atoms with Crippen LogP contribution in [-0.2, 0) is 4.74 Å². The summed E-state index contributed by atoms with van der Waals surface area (Å²) in [6, 6.07) is 5.20. The molecule has 0 bridgehead atoms. The zero-order chi connectivity index (χ0) is 13.9. The van der Waals surface area contributed by atoms with Crippen molar-refractivity contribution in [2.75, 3.05) is 26.8 Å². The first kappa shape index (κ1) is 14.4. The summed E-state index contributed by atoms with van der Waals surface area (Å²) in [6.07, 6.45) is 1.10. The van der Waals surface area contributed by atoms with Crippen molar-refractivity contribution in [3.05, 3.63) is 28.5 Å². The first-order valence-electron chi connectivity index (χ1n) is 6.18. The Kier molecular flexibility index (Phi) is 4.54. The van der Waals surface area contributed by atoms with Crippen LogP contribution in [0.25, 0.3) is 0 Å². The maximum absolute atomic E-state index is 12.2. The Hall–Kier alpha value is -0.980. The van der Waals surface area contributed by atoms with Crippen LogP contribution in [0.4, 0.5) is 0 Å². The van der Waals surface area contributed by atoms with Gasteiger partial charge in [-0.15, -0.1) is 0 Å². The molecule has 0 atom stereocenters. The largest absolute Gasteiger partial charge is 0.388 e. The monoisotopic (exact) mass is 328 g/mol. The molecule has 1 amide bonds. The minimum Gasteiger partial charge on any atom is -0.388 e. The van der Waals surface area contributed by atoms with E-state index in [1.165, 1.54) is 4.90 Å². The molecule has 1 N–H and O–H groups in total. The zero-order valence-electron chi connectivity index (χ0n) is 10.8. The fraction of sp³-hybridized carbons (Fsp3) is 0.538. The molecule has 1 fully saturated rings. The highest BCUT2D eigenvalue weighted by atomic mass is 79.9. The predicted molar refractivity (Wildman–Crippen MR) is 73.9 cm³/mol. The molecule has 1 aromatic rings. The van der Waals surface area contributed by atoms with Crippen molar-refractivity contribution >= 4 is 21.8 Å². The third-order valence-electron chi connectivity index (χ3n) is 3.24. The Bertz CT molecular complexity index is 461. The quantitative estimate of drug-likeness (QED) is 0.853. The number of pyridine rings is 1. The summed E-state index contributed by atoms with van der Waals surface area (Å²) in [5.41, 5.74) is -0.484. The van der Waals surface area contributed by atoms with Crippen LogP contribution in [0, 0.1) is 0 Å². The van der Waals surface area contributed by atoms with Crippen LogP contribution in [0.15, 0.2) is 22.8 Å². The summed E-state index contributed by atoms with van der Waals surface area (Å²) in [5.74, 6) is -0.193. The zero-order valence-corrected chi connectivity index (χ0v) is 12.4. The van der Waals surface area contributed by atoms with Crippen molar-refractivity contribution in [3.8, 4) is 0 Å². The molecule has 0 spiro atoms. The smallest absolute Gasteiger partial charge is 0.272 e. The van der Waals surface area contributed by atoms with E-state index in [9.17, 15) is 9.90 Å². The molecule has 5 nitrogen and oxygen atoms in total. The number of carbonyl (C=O) groups excluding carboxylic acids is 1. The van der Waals surface area contributed by atoms with Crippen LogP contribution >= 0.6 is 15.9 Å². The fourth-order valence-electron chi connectivity index (χ4n) is 2.15. The number of amides is 1. The van der Waals surface area contributed by atoms with Gasteiger partial charge in [0, 0.05) is 39.6 Å². The molecule has 19 heavy (non-hydrogen) atoms. The van der Waals surface area contributed by atoms with Crippen LogP contribution in [0.1, 0.15) is 23.3 Å². The minimum absolute atomic E-state index is 0.193. The molecule has 0 aliphatic carbocycles. The number of aromatic nitrogens is 1. The average molecular weight is 329 g/mol. The van der Waals surface area contributed by atoms with Gasteiger partial charge in [0.2, 0.25) is 0 Å². The first-order valence-corrected chi connectivity index (χ1v) is 6.98. The van der Waals surface area contributed by atoms with E-state index < -0.39 is 5.60 Å². The van der Waals surface area contributed by atoms with Crippen molar-refractivity contribution in [2.24, 2.45) is 0 Å². The van der Waals surface area contributed by atoms with Crippen LogP contribution in [0.5, 0.6) is 0 Å². The topological polar surface area (TPSA) is 62.7 Å². The van der Waals surface area contributed by atoms with Gasteiger partial charge in [-0.2, -0.15) is 0 Å². The van der Waals surface area contributed by atoms with Gasteiger partial charge >= 0.3 is 0 Å². The van der Waals surface area contributed by atoms with Crippen molar-refractivity contribution in [2.45, 2.75) is 18.4 Å². The van der Waals surface area contributed by atoms with Gasteiger partial charge < -0.3 is 14.7 Å². The van der Waals surface area contributed by atoms with Gasteiger partial charge in [-0.3, -0.25) is 4.79 Å². The lowest BCUT2D eigenvalue weighted by Crippen LogP contribution is -2.47. The summed E-state index contributed by atoms with van der Waals surface area (Å²) < 4.78 is 5.85. The number of nitrogens with zero attached hydrogens (tertiary/aromatic N) is 2. The number of halogens is 1. The number of hydrogen-bond donors (Lipinski definition) is 1. The van der Waals surface area contributed by atoms with Gasteiger partial charge in [0.1, 0.15) is 10.3 Å². The molecular formula is C13H17BrN2O3. The SMILES string of the molecule is CN(CC1(O)CCOCC1)C(=O)c1cccc(Br)n1. The normalized spacial score (nSPS) is 18.1. The lowest BCUT2D eigenvalue weighted by molar-refractivity contribution is -0.0734. The predicted octanol–water partition coefficient (Wildman–Crippen LogP) is 1.46. The number of hydrogen-bond acceptors (Lipinski definition) is 4. The van der Waals surface area contributed by atoms with E-state index in [-0.39, 0.29) is 5.91 Å². The van der Waals surface area contributed by atoms with Gasteiger partial charge in [-0.1, -0.05) is 6.07 Å². The second-order valence-corrected chi connectivity index (χ2v) is 5.66. The Balaban J connectivity index is 2.03. The maximum atomic E-state index is 12.2. The van der Waals surface area contributed by atoms with E-state index in [2.05, 4.69) is 20.9 Å². The highest BCUT2D eigenvalue weighted by Crippen LogP contribution is 2.22. The van der Waals surface area contributed by atoms with E-state index in [4.69, 9.17) is 4.74 Å². The van der Waals surface area contributed by atoms with Crippen LogP contribution in [0.2, 0.25) is 0 Å². The number of ether oxygens (including phenoxy) is 1. The van der Waals surface area contributed by atoms with Crippen LogP contribution in [0.3, 0.4) is 0 Å². The Labute approximate surface area is 120 Å². The molecule has 104 valence electrons. The number of aliphatic hydroxyl groups is 1. The van der Waals surface area contributed by atoms with Crippen molar-refractivity contribution < 1.29 is 14.6 Å². The van der Waals surface area contributed by atoms with Crippen molar-refractivity contribution in [1.82, 2.24) is 9.88 Å². The summed E-state index contributed by atoms with van der Waals surface area (Å²) in [5, 5.41) is 10.4. The lowest BCUT2D eigenvalue weighted by atomic mass is 9.94. The Morgan fingerprint density at radius 3 is 2.84 bits per heavy atom. The Morgan fingerprint density at radius 2 is 2.21 bits per heavy atom. The van der Waals surface area contributed by atoms with E-state index in [0.717, 1.165) is 0 Å². The molecule has 1 aromatic heterocycles. The highest BCUT2D eigenvalue weighted by Gasteiger charge is 2.32. The molecule has 2 heterocycles. The summed E-state index contributed by atoms with van der Waals surface area (Å²) in [6.45, 7) is 1.37. The standard InChI is InChI=1S/C13H17BrN2O3/c1-16(9-13(18)5-7-19-8-6-13)12(17)10-3-2-4-11(14)15-10/h2-4,18H,5-9H2,1H3. The van der Waals surface area contributed by atoms with Crippen molar-refractivity contribution in [3.63, 3.8) is 0 Å². The van der Waals surface area contributed by atoms with Gasteiger partial charge in [0.15, 0.2) is 0 Å². The highest BCUT2D eigenvalue weighted by molar-refractivity contribution is 9.10. The summed E-state index contributed by atoms with van der Waals surface area (Å²) in [7, 11) is 1.68. The average Bonchev–Trinajstić information content (AvgIpc) is 2.38. The van der Waals surface area contributed by atoms with E-state index >= 15 is 0 Å². The van der Waals surface area contributed by atoms with E-state index in [0.29, 0.717) is 42.9 Å². The Morgan fingerprint density at radius 1 is 1.53 bits per heavy atom. The lowest BCUT2D eigenvalue weighted by Gasteiger charge is -2.35. The molecule has 1 aliphatic heterocycles. The van der Waals surface area contributed by atoms with Gasteiger partial charge in [-0.25, -0.2) is 4.98 Å².